The minimum absolute atomic E-state index is 0.308. The molecular weight excluding hydrogens is 347 g/mol. The first-order valence-electron chi connectivity index (χ1n) is 5.45. The number of hydrogen-bond acceptors (Lipinski definition) is 2. The number of carbonyl (C=O) groups excluding carboxylic acids is 1. The van der Waals surface area contributed by atoms with Crippen LogP contribution in [0.1, 0.15) is 20.3 Å². The quantitative estimate of drug-likeness (QED) is 0.721. The van der Waals surface area contributed by atoms with E-state index in [4.69, 9.17) is 5.11 Å². The molecule has 5 nitrogen and oxygen atoms in total. The van der Waals surface area contributed by atoms with Gasteiger partial charge in [-0.2, -0.15) is 0 Å². The minimum atomic E-state index is -1.26. The Morgan fingerprint density at radius 2 is 1.89 bits per heavy atom. The second-order valence-electron chi connectivity index (χ2n) is 4.08. The van der Waals surface area contributed by atoms with Crippen LogP contribution in [0, 0.1) is 3.57 Å². The molecular formula is C12H15IN2O3. The van der Waals surface area contributed by atoms with Gasteiger partial charge in [-0.3, -0.25) is 0 Å². The summed E-state index contributed by atoms with van der Waals surface area (Å²) in [4.78, 5) is 22.7. The maximum absolute atomic E-state index is 11.7. The first-order valence-corrected chi connectivity index (χ1v) is 6.53. The van der Waals surface area contributed by atoms with Crippen molar-refractivity contribution >= 4 is 40.3 Å². The summed E-state index contributed by atoms with van der Waals surface area (Å²) in [6.45, 7) is 3.18. The lowest BCUT2D eigenvalue weighted by Gasteiger charge is -2.24. The molecule has 0 saturated heterocycles. The average Bonchev–Trinajstić information content (AvgIpc) is 2.31. The van der Waals surface area contributed by atoms with E-state index >= 15 is 0 Å². The van der Waals surface area contributed by atoms with Crippen molar-refractivity contribution in [2.45, 2.75) is 25.8 Å². The molecule has 0 saturated carbocycles. The fourth-order valence-electron chi connectivity index (χ4n) is 1.24. The minimum Gasteiger partial charge on any atom is -0.480 e. The molecule has 1 aromatic rings. The number of amides is 2. The number of urea groups is 1. The van der Waals surface area contributed by atoms with Crippen molar-refractivity contribution in [3.05, 3.63) is 27.8 Å². The van der Waals surface area contributed by atoms with E-state index in [0.29, 0.717) is 12.1 Å². The van der Waals surface area contributed by atoms with E-state index in [0.717, 1.165) is 3.57 Å². The second-order valence-corrected chi connectivity index (χ2v) is 5.32. The number of hydrogen-bond donors (Lipinski definition) is 3. The summed E-state index contributed by atoms with van der Waals surface area (Å²) >= 11 is 2.16. The third-order valence-corrected chi connectivity index (χ3v) is 3.39. The van der Waals surface area contributed by atoms with Crippen molar-refractivity contribution in [1.82, 2.24) is 5.32 Å². The van der Waals surface area contributed by atoms with Crippen LogP contribution in [-0.2, 0) is 4.79 Å². The summed E-state index contributed by atoms with van der Waals surface area (Å²) < 4.78 is 1.06. The van der Waals surface area contributed by atoms with Crippen LogP contribution in [0.3, 0.4) is 0 Å². The highest BCUT2D eigenvalue weighted by atomic mass is 127. The van der Waals surface area contributed by atoms with Crippen LogP contribution in [0.2, 0.25) is 0 Å². The van der Waals surface area contributed by atoms with Crippen molar-refractivity contribution in [3.8, 4) is 0 Å². The molecule has 18 heavy (non-hydrogen) atoms. The smallest absolute Gasteiger partial charge is 0.329 e. The van der Waals surface area contributed by atoms with Crippen LogP contribution in [0.15, 0.2) is 24.3 Å². The van der Waals surface area contributed by atoms with Gasteiger partial charge in [0.1, 0.15) is 5.54 Å². The molecule has 3 N–H and O–H groups in total. The van der Waals surface area contributed by atoms with Crippen LogP contribution in [0.4, 0.5) is 10.5 Å². The van der Waals surface area contributed by atoms with Gasteiger partial charge in [-0.1, -0.05) is 6.92 Å². The summed E-state index contributed by atoms with van der Waals surface area (Å²) in [7, 11) is 0. The Morgan fingerprint density at radius 3 is 2.33 bits per heavy atom. The number of carboxylic acid groups (broad SMARTS) is 1. The summed E-state index contributed by atoms with van der Waals surface area (Å²) in [6, 6.07) is 6.69. The highest BCUT2D eigenvalue weighted by molar-refractivity contribution is 14.1. The van der Waals surface area contributed by atoms with Crippen molar-refractivity contribution in [3.63, 3.8) is 0 Å². The normalized spacial score (nSPS) is 13.5. The van der Waals surface area contributed by atoms with Crippen molar-refractivity contribution < 1.29 is 14.7 Å². The number of aliphatic carboxylic acids is 1. The molecule has 2 amide bonds. The third kappa shape index (κ3) is 3.86. The summed E-state index contributed by atoms with van der Waals surface area (Å²) in [5.74, 6) is -1.05. The van der Waals surface area contributed by atoms with Gasteiger partial charge in [0.25, 0.3) is 0 Å². The van der Waals surface area contributed by atoms with Crippen LogP contribution in [0.5, 0.6) is 0 Å². The average molecular weight is 362 g/mol. The Labute approximate surface area is 119 Å². The van der Waals surface area contributed by atoms with Gasteiger partial charge in [-0.05, 0) is 60.2 Å². The molecule has 0 unspecified atom stereocenters. The lowest BCUT2D eigenvalue weighted by Crippen LogP contribution is -2.53. The molecule has 0 spiro atoms. The molecule has 0 aliphatic heterocycles. The Morgan fingerprint density at radius 1 is 1.33 bits per heavy atom. The number of rotatable bonds is 4. The number of carbonyl (C=O) groups is 2. The van der Waals surface area contributed by atoms with E-state index in [-0.39, 0.29) is 0 Å². The van der Waals surface area contributed by atoms with Gasteiger partial charge in [0.2, 0.25) is 0 Å². The molecule has 0 fully saturated rings. The molecule has 98 valence electrons. The lowest BCUT2D eigenvalue weighted by atomic mass is 10.00. The maximum atomic E-state index is 11.7. The monoisotopic (exact) mass is 362 g/mol. The van der Waals surface area contributed by atoms with Gasteiger partial charge in [0, 0.05) is 9.26 Å². The molecule has 0 aliphatic carbocycles. The van der Waals surface area contributed by atoms with Gasteiger partial charge in [-0.15, -0.1) is 0 Å². The predicted molar refractivity (Wildman–Crippen MR) is 77.6 cm³/mol. The zero-order valence-electron chi connectivity index (χ0n) is 10.2. The largest absolute Gasteiger partial charge is 0.480 e. The van der Waals surface area contributed by atoms with E-state index in [2.05, 4.69) is 33.2 Å². The molecule has 0 bridgehead atoms. The standard InChI is InChI=1S/C12H15IN2O3/c1-3-12(2,10(16)17)15-11(18)14-9-6-4-8(13)5-7-9/h4-7H,3H2,1-2H3,(H,16,17)(H2,14,15,18)/t12-/m1/s1. The van der Waals surface area contributed by atoms with Gasteiger partial charge in [-0.25, -0.2) is 9.59 Å². The molecule has 0 radical (unpaired) electrons. The van der Waals surface area contributed by atoms with Gasteiger partial charge in [0.15, 0.2) is 0 Å². The van der Waals surface area contributed by atoms with E-state index in [1.54, 1.807) is 19.1 Å². The van der Waals surface area contributed by atoms with Crippen molar-refractivity contribution in [2.75, 3.05) is 5.32 Å². The zero-order valence-corrected chi connectivity index (χ0v) is 12.3. The third-order valence-electron chi connectivity index (χ3n) is 2.67. The first kappa shape index (κ1) is 14.7. The summed E-state index contributed by atoms with van der Waals surface area (Å²) in [5.41, 5.74) is -0.635. The molecule has 0 aromatic heterocycles. The van der Waals surface area contributed by atoms with Gasteiger partial charge in [0.05, 0.1) is 0 Å². The van der Waals surface area contributed by atoms with Crippen LogP contribution in [-0.4, -0.2) is 22.6 Å². The Balaban J connectivity index is 2.66. The molecule has 1 rings (SSSR count). The van der Waals surface area contributed by atoms with Crippen LogP contribution < -0.4 is 10.6 Å². The maximum Gasteiger partial charge on any atom is 0.329 e. The van der Waals surface area contributed by atoms with Crippen LogP contribution >= 0.6 is 22.6 Å². The molecule has 0 aliphatic rings. The summed E-state index contributed by atoms with van der Waals surface area (Å²) in [6.07, 6.45) is 0.308. The zero-order chi connectivity index (χ0) is 13.8. The van der Waals surface area contributed by atoms with Gasteiger partial charge >= 0.3 is 12.0 Å². The Bertz CT molecular complexity index is 447. The fraction of sp³-hybridized carbons (Fsp3) is 0.333. The molecule has 1 atom stereocenters. The number of carboxylic acids is 1. The number of benzene rings is 1. The van der Waals surface area contributed by atoms with E-state index in [9.17, 15) is 9.59 Å². The summed E-state index contributed by atoms with van der Waals surface area (Å²) in [5, 5.41) is 14.1. The van der Waals surface area contributed by atoms with E-state index in [1.807, 2.05) is 12.1 Å². The predicted octanol–water partition coefficient (Wildman–Crippen LogP) is 2.67. The van der Waals surface area contributed by atoms with Crippen molar-refractivity contribution in [1.29, 1.82) is 0 Å². The number of halogens is 1. The molecule has 0 heterocycles. The highest BCUT2D eigenvalue weighted by Gasteiger charge is 2.32. The van der Waals surface area contributed by atoms with E-state index in [1.165, 1.54) is 6.92 Å². The Hall–Kier alpha value is -1.31. The van der Waals surface area contributed by atoms with Crippen molar-refractivity contribution in [2.24, 2.45) is 0 Å². The first-order chi connectivity index (χ1) is 8.37. The molecule has 6 heteroatoms. The second kappa shape index (κ2) is 6.03. The highest BCUT2D eigenvalue weighted by Crippen LogP contribution is 2.13. The van der Waals surface area contributed by atoms with Crippen LogP contribution in [0.25, 0.3) is 0 Å². The topological polar surface area (TPSA) is 78.4 Å². The number of anilines is 1. The fourth-order valence-corrected chi connectivity index (χ4v) is 1.60. The van der Waals surface area contributed by atoms with E-state index < -0.39 is 17.5 Å². The number of nitrogens with one attached hydrogen (secondary N) is 2. The van der Waals surface area contributed by atoms with Gasteiger partial charge < -0.3 is 15.7 Å². The SMILES string of the molecule is CC[C@@](C)(NC(=O)Nc1ccc(I)cc1)C(=O)O. The Kier molecular flexibility index (Phi) is 4.94. The lowest BCUT2D eigenvalue weighted by molar-refractivity contribution is -0.143. The molecule has 1 aromatic carbocycles.